The third-order valence-corrected chi connectivity index (χ3v) is 6.40. The van der Waals surface area contributed by atoms with Crippen LogP contribution in [0.3, 0.4) is 0 Å². The molecule has 2 N–H and O–H groups in total. The minimum absolute atomic E-state index is 0.412. The molecule has 0 unspecified atom stereocenters. The minimum Gasteiger partial charge on any atom is -0.487 e. The van der Waals surface area contributed by atoms with E-state index >= 15 is 0 Å². The van der Waals surface area contributed by atoms with Crippen LogP contribution < -0.4 is 24.3 Å². The van der Waals surface area contributed by atoms with Gasteiger partial charge in [-0.05, 0) is 49.6 Å². The van der Waals surface area contributed by atoms with Crippen LogP contribution in [0.5, 0.6) is 23.0 Å². The Morgan fingerprint density at radius 3 is 1.57 bits per heavy atom. The number of fused-ring (bicyclic) bond motifs is 2. The summed E-state index contributed by atoms with van der Waals surface area (Å²) in [7, 11) is 0. The number of para-hydroxylation sites is 2. The molecule has 2 aromatic rings. The zero-order valence-electron chi connectivity index (χ0n) is 24.9. The Kier molecular flexibility index (Phi) is 18.0. The maximum atomic E-state index is 6.07. The molecule has 0 radical (unpaired) electrons. The molecule has 1 aliphatic heterocycles. The highest BCUT2D eigenvalue weighted by Gasteiger charge is 2.09. The fourth-order valence-corrected chi connectivity index (χ4v) is 4.22. The molecule has 0 atom stereocenters. The maximum absolute atomic E-state index is 6.07. The summed E-state index contributed by atoms with van der Waals surface area (Å²) in [6.45, 7) is 7.34. The highest BCUT2D eigenvalue weighted by molar-refractivity contribution is 5.43. The molecule has 0 bridgehead atoms. The van der Waals surface area contributed by atoms with Gasteiger partial charge in [0.05, 0.1) is 59.4 Å². The van der Waals surface area contributed by atoms with Crippen molar-refractivity contribution in [3.05, 3.63) is 48.0 Å². The molecule has 232 valence electrons. The van der Waals surface area contributed by atoms with Gasteiger partial charge in [0.25, 0.3) is 0 Å². The Morgan fingerprint density at radius 2 is 1.02 bits per heavy atom. The molecule has 1 heterocycles. The minimum atomic E-state index is 0.412. The first-order valence-corrected chi connectivity index (χ1v) is 15.2. The van der Waals surface area contributed by atoms with Crippen molar-refractivity contribution in [2.75, 3.05) is 85.8 Å². The van der Waals surface area contributed by atoms with Crippen molar-refractivity contribution in [2.45, 2.75) is 38.6 Å². The zero-order valence-corrected chi connectivity index (χ0v) is 24.9. The topological polar surface area (TPSA) is 90.5 Å². The largest absolute Gasteiger partial charge is 0.487 e. The van der Waals surface area contributed by atoms with Crippen LogP contribution in [0.15, 0.2) is 42.5 Å². The standard InChI is InChI=1S/C33H47NO8/c1-2-3-4-5-6-9-14-34-28-29-12-13-32-33(27-29)42-26-22-38-18-17-36-20-24-40-31-11-8-7-10-30(31)39-23-19-35-15-16-37-21-25-41-32/h1,7-8,10-13,27,34H,3-6,9,14-26,28H2/p+1. The van der Waals surface area contributed by atoms with Crippen LogP contribution >= 0.6 is 0 Å². The molecular formula is C33H48NO8+. The van der Waals surface area contributed by atoms with Crippen LogP contribution in [0.2, 0.25) is 0 Å². The SMILES string of the molecule is C#CCCCCCC[NH2+]Cc1ccc2c(c1)OCCOCCOCCOc1ccccc1OCCOCCOCCO2. The number of unbranched alkanes of at least 4 members (excludes halogenated alkanes) is 4. The predicted octanol–water partition coefficient (Wildman–Crippen LogP) is 3.63. The summed E-state index contributed by atoms with van der Waals surface area (Å²) >= 11 is 0. The lowest BCUT2D eigenvalue weighted by molar-refractivity contribution is -0.671. The molecule has 1 aliphatic rings. The van der Waals surface area contributed by atoms with E-state index in [0.29, 0.717) is 102 Å². The van der Waals surface area contributed by atoms with Crippen LogP contribution in [-0.4, -0.2) is 85.8 Å². The van der Waals surface area contributed by atoms with Crippen molar-refractivity contribution in [1.82, 2.24) is 0 Å². The highest BCUT2D eigenvalue weighted by atomic mass is 16.6. The van der Waals surface area contributed by atoms with Crippen molar-refractivity contribution in [1.29, 1.82) is 0 Å². The van der Waals surface area contributed by atoms with Gasteiger partial charge >= 0.3 is 0 Å². The predicted molar refractivity (Wildman–Crippen MR) is 161 cm³/mol. The second-order valence-electron chi connectivity index (χ2n) is 9.72. The van der Waals surface area contributed by atoms with Gasteiger partial charge in [-0.15, -0.1) is 12.3 Å². The number of rotatable bonds is 8. The van der Waals surface area contributed by atoms with E-state index in [2.05, 4.69) is 23.4 Å². The molecule has 3 rings (SSSR count). The van der Waals surface area contributed by atoms with Gasteiger partial charge in [0.1, 0.15) is 33.0 Å². The molecular weight excluding hydrogens is 538 g/mol. The van der Waals surface area contributed by atoms with Crippen molar-refractivity contribution >= 4 is 0 Å². The van der Waals surface area contributed by atoms with Crippen molar-refractivity contribution in [3.8, 4) is 35.3 Å². The fraction of sp³-hybridized carbons (Fsp3) is 0.576. The molecule has 0 spiro atoms. The van der Waals surface area contributed by atoms with E-state index in [0.717, 1.165) is 25.9 Å². The fourth-order valence-electron chi connectivity index (χ4n) is 4.22. The lowest BCUT2D eigenvalue weighted by Crippen LogP contribution is -2.82. The number of ether oxygens (including phenoxy) is 8. The molecule has 0 fully saturated rings. The highest BCUT2D eigenvalue weighted by Crippen LogP contribution is 2.28. The first-order valence-electron chi connectivity index (χ1n) is 15.2. The number of nitrogens with two attached hydrogens (primary N) is 1. The third kappa shape index (κ3) is 14.8. The van der Waals surface area contributed by atoms with Crippen molar-refractivity contribution in [3.63, 3.8) is 0 Å². The molecule has 9 nitrogen and oxygen atoms in total. The van der Waals surface area contributed by atoms with E-state index in [4.69, 9.17) is 44.3 Å². The number of hydrogen-bond acceptors (Lipinski definition) is 8. The Labute approximate surface area is 251 Å². The summed E-state index contributed by atoms with van der Waals surface area (Å²) in [6.07, 6.45) is 10.9. The lowest BCUT2D eigenvalue weighted by atomic mass is 10.1. The Balaban J connectivity index is 1.44. The number of hydrogen-bond donors (Lipinski definition) is 1. The smallest absolute Gasteiger partial charge is 0.161 e. The van der Waals surface area contributed by atoms with Gasteiger partial charge in [0.2, 0.25) is 0 Å². The van der Waals surface area contributed by atoms with Crippen LogP contribution in [0, 0.1) is 12.3 Å². The summed E-state index contributed by atoms with van der Waals surface area (Å²) in [5, 5.41) is 2.33. The normalized spacial score (nSPS) is 16.5. The number of terminal acetylenes is 1. The summed E-state index contributed by atoms with van der Waals surface area (Å²) in [4.78, 5) is 0. The summed E-state index contributed by atoms with van der Waals surface area (Å²) in [5.41, 5.74) is 1.19. The first-order chi connectivity index (χ1) is 20.9. The number of benzene rings is 2. The van der Waals surface area contributed by atoms with Gasteiger partial charge in [-0.1, -0.05) is 18.6 Å². The molecule has 0 aliphatic carbocycles. The van der Waals surface area contributed by atoms with Gasteiger partial charge in [0.15, 0.2) is 23.0 Å². The molecule has 0 saturated heterocycles. The first kappa shape index (κ1) is 33.5. The molecule has 0 aromatic heterocycles. The number of quaternary nitrogens is 1. The second-order valence-corrected chi connectivity index (χ2v) is 9.72. The summed E-state index contributed by atoms with van der Waals surface area (Å²) < 4.78 is 46.4. The van der Waals surface area contributed by atoms with E-state index in [1.807, 2.05) is 30.3 Å². The van der Waals surface area contributed by atoms with Gasteiger partial charge in [-0.2, -0.15) is 0 Å². The van der Waals surface area contributed by atoms with E-state index in [1.165, 1.54) is 24.8 Å². The summed E-state index contributed by atoms with van der Waals surface area (Å²) in [6, 6.07) is 13.7. The van der Waals surface area contributed by atoms with Gasteiger partial charge < -0.3 is 43.2 Å². The van der Waals surface area contributed by atoms with E-state index in [9.17, 15) is 0 Å². The zero-order chi connectivity index (χ0) is 29.3. The van der Waals surface area contributed by atoms with Crippen LogP contribution in [0.4, 0.5) is 0 Å². The van der Waals surface area contributed by atoms with Gasteiger partial charge in [0, 0.05) is 12.0 Å². The average molecular weight is 587 g/mol. The quantitative estimate of drug-likeness (QED) is 0.371. The third-order valence-electron chi connectivity index (χ3n) is 6.40. The van der Waals surface area contributed by atoms with E-state index in [-0.39, 0.29) is 0 Å². The Morgan fingerprint density at radius 1 is 0.548 bits per heavy atom. The van der Waals surface area contributed by atoms with Crippen LogP contribution in [0.25, 0.3) is 0 Å². The lowest BCUT2D eigenvalue weighted by Gasteiger charge is -2.15. The van der Waals surface area contributed by atoms with Gasteiger partial charge in [-0.25, -0.2) is 0 Å². The molecule has 0 saturated carbocycles. The van der Waals surface area contributed by atoms with Crippen LogP contribution in [0.1, 0.15) is 37.7 Å². The van der Waals surface area contributed by atoms with E-state index < -0.39 is 0 Å². The summed E-state index contributed by atoms with van der Waals surface area (Å²) in [5.74, 6) is 5.48. The molecule has 9 heteroatoms. The molecule has 42 heavy (non-hydrogen) atoms. The molecule has 0 amide bonds. The monoisotopic (exact) mass is 586 g/mol. The Bertz CT molecular complexity index is 1010. The van der Waals surface area contributed by atoms with Crippen molar-refractivity contribution in [2.24, 2.45) is 0 Å². The van der Waals surface area contributed by atoms with Crippen LogP contribution in [-0.2, 0) is 25.5 Å². The van der Waals surface area contributed by atoms with E-state index in [1.54, 1.807) is 0 Å². The molecule has 2 aromatic carbocycles. The van der Waals surface area contributed by atoms with Gasteiger partial charge in [-0.3, -0.25) is 0 Å². The maximum Gasteiger partial charge on any atom is 0.161 e. The van der Waals surface area contributed by atoms with Crippen molar-refractivity contribution < 1.29 is 43.2 Å². The second kappa shape index (κ2) is 22.6. The average Bonchev–Trinajstić information content (AvgIpc) is 3.01. The Hall–Kier alpha value is -3.00.